The van der Waals surface area contributed by atoms with E-state index >= 15 is 0 Å². The van der Waals surface area contributed by atoms with Crippen LogP contribution in [0.5, 0.6) is 11.5 Å². The van der Waals surface area contributed by atoms with Gasteiger partial charge in [0, 0.05) is 18.5 Å². The van der Waals surface area contributed by atoms with Gasteiger partial charge in [0.15, 0.2) is 23.7 Å². The Hall–Kier alpha value is -3.64. The fourth-order valence-electron chi connectivity index (χ4n) is 7.01. The van der Waals surface area contributed by atoms with Crippen molar-refractivity contribution in [2.45, 2.75) is 87.6 Å². The molecule has 1 heterocycles. The van der Waals surface area contributed by atoms with Crippen LogP contribution < -0.4 is 20.5 Å². The number of aliphatic carboxylic acids is 1. The quantitative estimate of drug-likeness (QED) is 0.280. The predicted octanol–water partition coefficient (Wildman–Crippen LogP) is 1.24. The number of carboxylic acid groups (broad SMARTS) is 1. The molecule has 0 saturated heterocycles. The van der Waals surface area contributed by atoms with Crippen molar-refractivity contribution >= 4 is 23.8 Å². The summed E-state index contributed by atoms with van der Waals surface area (Å²) in [6, 6.07) is 2.88. The Balaban J connectivity index is 1.22. The van der Waals surface area contributed by atoms with Gasteiger partial charge in [-0.25, -0.2) is 4.79 Å². The van der Waals surface area contributed by atoms with E-state index in [0.717, 1.165) is 30.4 Å². The summed E-state index contributed by atoms with van der Waals surface area (Å²) in [6.45, 7) is 1.30. The molecule has 6 atom stereocenters. The lowest BCUT2D eigenvalue weighted by atomic mass is 9.47. The molecule has 5 N–H and O–H groups in total. The lowest BCUT2D eigenvalue weighted by molar-refractivity contribution is -0.171. The third kappa shape index (κ3) is 4.82. The molecule has 41 heavy (non-hydrogen) atoms. The van der Waals surface area contributed by atoms with Gasteiger partial charge in [0.1, 0.15) is 5.76 Å². The van der Waals surface area contributed by atoms with Gasteiger partial charge in [0.05, 0.1) is 30.6 Å². The van der Waals surface area contributed by atoms with E-state index in [-0.39, 0.29) is 37.5 Å². The van der Waals surface area contributed by atoms with Crippen LogP contribution in [0.25, 0.3) is 0 Å². The van der Waals surface area contributed by atoms with Crippen molar-refractivity contribution in [3.63, 3.8) is 0 Å². The number of amides is 1. The second-order valence-corrected chi connectivity index (χ2v) is 11.3. The molecule has 0 unspecified atom stereocenters. The number of ether oxygens (including phenoxy) is 4. The highest BCUT2D eigenvalue weighted by Crippen LogP contribution is 2.67. The van der Waals surface area contributed by atoms with Crippen LogP contribution in [0.1, 0.15) is 63.0 Å². The molecule has 4 aliphatic rings. The minimum atomic E-state index is -1.24. The zero-order chi connectivity index (χ0) is 29.5. The molecule has 12 nitrogen and oxygen atoms in total. The lowest BCUT2D eigenvalue weighted by Crippen LogP contribution is -2.67. The van der Waals surface area contributed by atoms with Crippen molar-refractivity contribution in [3.8, 4) is 11.5 Å². The highest BCUT2D eigenvalue weighted by Gasteiger charge is 2.71. The zero-order valence-corrected chi connectivity index (χ0v) is 23.1. The predicted molar refractivity (Wildman–Crippen MR) is 142 cm³/mol. The molecule has 1 fully saturated rings. The van der Waals surface area contributed by atoms with Crippen molar-refractivity contribution in [1.29, 1.82) is 0 Å². The number of carboxylic acids is 1. The number of carbonyl (C=O) groups is 4. The van der Waals surface area contributed by atoms with Gasteiger partial charge in [-0.15, -0.1) is 0 Å². The zero-order valence-electron chi connectivity index (χ0n) is 23.1. The van der Waals surface area contributed by atoms with Crippen molar-refractivity contribution < 1.29 is 48.3 Å². The molecule has 222 valence electrons. The summed E-state index contributed by atoms with van der Waals surface area (Å²) in [7, 11) is 1.56. The molecule has 0 radical (unpaired) electrons. The summed E-state index contributed by atoms with van der Waals surface area (Å²) >= 11 is 0. The van der Waals surface area contributed by atoms with Crippen molar-refractivity contribution in [2.24, 2.45) is 11.7 Å². The van der Waals surface area contributed by atoms with Crippen molar-refractivity contribution in [3.05, 3.63) is 35.1 Å². The first-order valence-corrected chi connectivity index (χ1v) is 14.0. The van der Waals surface area contributed by atoms with Crippen LogP contribution in [0.15, 0.2) is 24.0 Å². The number of methoxy groups -OCH3 is 1. The van der Waals surface area contributed by atoms with E-state index in [0.29, 0.717) is 24.3 Å². The van der Waals surface area contributed by atoms with E-state index < -0.39 is 53.1 Å². The van der Waals surface area contributed by atoms with Crippen LogP contribution in [-0.2, 0) is 40.5 Å². The molecular weight excluding hydrogens is 536 g/mol. The first-order chi connectivity index (χ1) is 19.5. The van der Waals surface area contributed by atoms with Crippen LogP contribution in [0.2, 0.25) is 0 Å². The summed E-state index contributed by atoms with van der Waals surface area (Å²) in [4.78, 5) is 47.9. The van der Waals surface area contributed by atoms with E-state index in [9.17, 15) is 24.3 Å². The number of hydrogen-bond donors (Lipinski definition) is 4. The molecule has 1 amide bonds. The maximum absolute atomic E-state index is 13.0. The Morgan fingerprint density at radius 3 is 2.76 bits per heavy atom. The SMILES string of the molecule is COc1ccc2c3c1O[C@H]1C(OC(=O)[C@H](C)OC(=O)CCNC(=O)[C@@H](N)CCC(=O)O)=CC[C@@]4(O)[C@H](CCC[C@]314)C2. The average molecular weight is 573 g/mol. The van der Waals surface area contributed by atoms with E-state index in [1.165, 1.54) is 6.92 Å². The molecule has 0 aromatic heterocycles. The van der Waals surface area contributed by atoms with Crippen molar-refractivity contribution in [1.82, 2.24) is 5.32 Å². The van der Waals surface area contributed by atoms with Gasteiger partial charge in [-0.05, 0) is 62.7 Å². The molecule has 5 rings (SSSR count). The second kappa shape index (κ2) is 11.0. The normalized spacial score (nSPS) is 28.2. The van der Waals surface area contributed by atoms with Gasteiger partial charge in [-0.3, -0.25) is 14.4 Å². The second-order valence-electron chi connectivity index (χ2n) is 11.3. The molecule has 2 bridgehead atoms. The number of benzene rings is 1. The van der Waals surface area contributed by atoms with Gasteiger partial charge in [0.25, 0.3) is 0 Å². The Labute approximate surface area is 237 Å². The number of aliphatic hydroxyl groups is 1. The largest absolute Gasteiger partial charge is 0.493 e. The molecule has 1 aromatic rings. The Bertz CT molecular complexity index is 1290. The van der Waals surface area contributed by atoms with E-state index in [2.05, 4.69) is 5.32 Å². The van der Waals surface area contributed by atoms with Gasteiger partial charge in [-0.2, -0.15) is 0 Å². The number of hydrogen-bond acceptors (Lipinski definition) is 10. The lowest BCUT2D eigenvalue weighted by Gasteiger charge is -2.59. The van der Waals surface area contributed by atoms with Gasteiger partial charge in [0.2, 0.25) is 5.91 Å². The maximum atomic E-state index is 13.0. The minimum Gasteiger partial charge on any atom is -0.493 e. The highest BCUT2D eigenvalue weighted by molar-refractivity contribution is 5.83. The monoisotopic (exact) mass is 572 g/mol. The Morgan fingerprint density at radius 2 is 2.02 bits per heavy atom. The summed E-state index contributed by atoms with van der Waals surface area (Å²) in [5.74, 6) is -1.72. The number of carbonyl (C=O) groups excluding carboxylic acids is 3. The van der Waals surface area contributed by atoms with Crippen LogP contribution >= 0.6 is 0 Å². The molecule has 1 aromatic carbocycles. The molecule has 12 heteroatoms. The van der Waals surface area contributed by atoms with Gasteiger partial charge < -0.3 is 40.2 Å². The fraction of sp³-hybridized carbons (Fsp3) is 0.586. The minimum absolute atomic E-state index is 0.0342. The van der Waals surface area contributed by atoms with E-state index in [4.69, 9.17) is 29.8 Å². The topological polar surface area (TPSA) is 184 Å². The van der Waals surface area contributed by atoms with Gasteiger partial charge in [-0.1, -0.05) is 12.5 Å². The summed E-state index contributed by atoms with van der Waals surface area (Å²) < 4.78 is 23.0. The molecule has 1 saturated carbocycles. The van der Waals surface area contributed by atoms with E-state index in [1.54, 1.807) is 13.2 Å². The van der Waals surface area contributed by atoms with Crippen LogP contribution in [0.3, 0.4) is 0 Å². The number of nitrogens with two attached hydrogens (primary N) is 1. The smallest absolute Gasteiger partial charge is 0.352 e. The molecule has 1 aliphatic heterocycles. The van der Waals surface area contributed by atoms with Crippen molar-refractivity contribution in [2.75, 3.05) is 13.7 Å². The first kappa shape index (κ1) is 28.9. The van der Waals surface area contributed by atoms with E-state index in [1.807, 2.05) is 12.1 Å². The molecular formula is C29H36N2O10. The average Bonchev–Trinajstić information content (AvgIpc) is 3.28. The van der Waals surface area contributed by atoms with Crippen LogP contribution in [-0.4, -0.2) is 71.5 Å². The molecule has 3 aliphatic carbocycles. The van der Waals surface area contributed by atoms with Gasteiger partial charge >= 0.3 is 17.9 Å². The van der Waals surface area contributed by atoms with Crippen LogP contribution in [0.4, 0.5) is 0 Å². The number of esters is 2. The third-order valence-electron chi connectivity index (χ3n) is 8.96. The third-order valence-corrected chi connectivity index (χ3v) is 8.96. The first-order valence-electron chi connectivity index (χ1n) is 14.0. The number of nitrogens with one attached hydrogen (secondary N) is 1. The number of rotatable bonds is 11. The maximum Gasteiger partial charge on any atom is 0.352 e. The highest BCUT2D eigenvalue weighted by atomic mass is 16.6. The summed E-state index contributed by atoms with van der Waals surface area (Å²) in [6.07, 6.45) is 2.74. The standard InChI is InChI=1S/C29H36N2O10/c1-15(39-22(34)10-13-31-26(35)18(30)6-8-21(32)33)27(36)40-20-9-12-29(37)17-4-3-11-28(29)23-16(14-17)5-7-19(38-2)24(23)41-25(20)28/h5,7,9,15,17-18,25,37H,3-4,6,8,10-14,30H2,1-2H3,(H,31,35)(H,32,33)/t15-,17+,18-,25-,28-,29+/m0/s1. The summed E-state index contributed by atoms with van der Waals surface area (Å²) in [5.41, 5.74) is 5.87. The Morgan fingerprint density at radius 1 is 1.24 bits per heavy atom. The molecule has 1 spiro atoms. The summed E-state index contributed by atoms with van der Waals surface area (Å²) in [5, 5.41) is 23.3. The van der Waals surface area contributed by atoms with Crippen LogP contribution in [0, 0.1) is 5.92 Å². The fourth-order valence-corrected chi connectivity index (χ4v) is 7.01. The Kier molecular flexibility index (Phi) is 7.73.